The Morgan fingerprint density at radius 3 is 2.86 bits per heavy atom. The summed E-state index contributed by atoms with van der Waals surface area (Å²) < 4.78 is 0. The average Bonchev–Trinajstić information content (AvgIpc) is 2.25. The van der Waals surface area contributed by atoms with Gasteiger partial charge < -0.3 is 5.32 Å². The van der Waals surface area contributed by atoms with Gasteiger partial charge in [0.25, 0.3) is 0 Å². The van der Waals surface area contributed by atoms with Crippen molar-refractivity contribution in [2.45, 2.75) is 0 Å². The van der Waals surface area contributed by atoms with E-state index in [9.17, 15) is 0 Å². The topological polar surface area (TPSA) is 35.8 Å². The molecule has 0 aromatic heterocycles. The smallest absolute Gasteiger partial charge is 0.0992 e. The third-order valence-electron chi connectivity index (χ3n) is 1.82. The van der Waals surface area contributed by atoms with Gasteiger partial charge in [-0.3, -0.25) is 0 Å². The molecule has 0 aliphatic carbocycles. The van der Waals surface area contributed by atoms with Gasteiger partial charge in [0.1, 0.15) is 0 Å². The number of nitrogens with one attached hydrogen (secondary N) is 1. The van der Waals surface area contributed by atoms with E-state index in [0.29, 0.717) is 12.1 Å². The molecule has 0 unspecified atom stereocenters. The monoisotopic (exact) mass is 184 g/mol. The van der Waals surface area contributed by atoms with Crippen LogP contribution in [0.5, 0.6) is 0 Å². The molecule has 14 heavy (non-hydrogen) atoms. The van der Waals surface area contributed by atoms with E-state index in [4.69, 9.17) is 5.26 Å². The van der Waals surface area contributed by atoms with Gasteiger partial charge in [-0.1, -0.05) is 30.9 Å². The van der Waals surface area contributed by atoms with Crippen LogP contribution in [-0.4, -0.2) is 6.54 Å². The quantitative estimate of drug-likeness (QED) is 0.577. The molecule has 0 fully saturated rings. The lowest BCUT2D eigenvalue weighted by atomic mass is 10.1. The fourth-order valence-corrected chi connectivity index (χ4v) is 1.14. The van der Waals surface area contributed by atoms with Crippen LogP contribution in [0.4, 0.5) is 5.69 Å². The first-order chi connectivity index (χ1) is 6.79. The van der Waals surface area contributed by atoms with Crippen LogP contribution in [0.2, 0.25) is 0 Å². The standard InChI is InChI=1S/C12H12N2/c1-3-8-14-12-7-5-4-6-11(12)10(2)9-13/h3-7,14H,1-2,8H2. The van der Waals surface area contributed by atoms with E-state index in [1.54, 1.807) is 6.08 Å². The summed E-state index contributed by atoms with van der Waals surface area (Å²) >= 11 is 0. The molecular formula is C12H12N2. The van der Waals surface area contributed by atoms with Gasteiger partial charge in [0.15, 0.2) is 0 Å². The molecule has 0 aliphatic heterocycles. The molecule has 0 atom stereocenters. The Morgan fingerprint density at radius 1 is 1.50 bits per heavy atom. The van der Waals surface area contributed by atoms with Gasteiger partial charge in [0.2, 0.25) is 0 Å². The second-order valence-electron chi connectivity index (χ2n) is 2.81. The Hall–Kier alpha value is -2.01. The molecule has 2 heteroatoms. The molecule has 0 radical (unpaired) electrons. The molecule has 70 valence electrons. The zero-order chi connectivity index (χ0) is 10.4. The highest BCUT2D eigenvalue weighted by Gasteiger charge is 2.02. The number of hydrogen-bond acceptors (Lipinski definition) is 2. The molecule has 1 aromatic rings. The van der Waals surface area contributed by atoms with Crippen LogP contribution in [0.15, 0.2) is 43.5 Å². The maximum Gasteiger partial charge on any atom is 0.0992 e. The maximum atomic E-state index is 8.74. The number of nitrogens with zero attached hydrogens (tertiary/aromatic N) is 1. The van der Waals surface area contributed by atoms with E-state index in [1.807, 2.05) is 30.3 Å². The molecule has 1 N–H and O–H groups in total. The summed E-state index contributed by atoms with van der Waals surface area (Å²) in [5.74, 6) is 0. The Bertz CT molecular complexity index is 386. The first-order valence-electron chi connectivity index (χ1n) is 4.32. The lowest BCUT2D eigenvalue weighted by molar-refractivity contribution is 1.33. The average molecular weight is 184 g/mol. The van der Waals surface area contributed by atoms with E-state index in [2.05, 4.69) is 18.5 Å². The molecule has 0 saturated carbocycles. The first kappa shape index (κ1) is 10.1. The van der Waals surface area contributed by atoms with Crippen molar-refractivity contribution in [2.75, 3.05) is 11.9 Å². The third-order valence-corrected chi connectivity index (χ3v) is 1.82. The molecule has 0 aliphatic rings. The first-order valence-corrected chi connectivity index (χ1v) is 4.32. The summed E-state index contributed by atoms with van der Waals surface area (Å²) in [5.41, 5.74) is 2.23. The summed E-state index contributed by atoms with van der Waals surface area (Å²) in [6.07, 6.45) is 1.77. The van der Waals surface area contributed by atoms with Gasteiger partial charge in [0, 0.05) is 17.8 Å². The van der Waals surface area contributed by atoms with Crippen LogP contribution in [0, 0.1) is 11.3 Å². The molecule has 1 aromatic carbocycles. The minimum absolute atomic E-state index is 0.470. The summed E-state index contributed by atoms with van der Waals surface area (Å²) in [4.78, 5) is 0. The highest BCUT2D eigenvalue weighted by atomic mass is 14.9. The molecule has 2 nitrogen and oxygen atoms in total. The lowest BCUT2D eigenvalue weighted by Crippen LogP contribution is -2.00. The molecule has 0 spiro atoms. The minimum Gasteiger partial charge on any atom is -0.381 e. The van der Waals surface area contributed by atoms with E-state index in [0.717, 1.165) is 11.3 Å². The van der Waals surface area contributed by atoms with Crippen molar-refractivity contribution in [3.8, 4) is 6.07 Å². The number of benzene rings is 1. The second-order valence-corrected chi connectivity index (χ2v) is 2.81. The summed E-state index contributed by atoms with van der Waals surface area (Å²) in [6.45, 7) is 7.98. The zero-order valence-electron chi connectivity index (χ0n) is 7.96. The van der Waals surface area contributed by atoms with Gasteiger partial charge in [-0.15, -0.1) is 6.58 Å². The van der Waals surface area contributed by atoms with Gasteiger partial charge in [-0.25, -0.2) is 0 Å². The number of allylic oxidation sites excluding steroid dienone is 1. The Morgan fingerprint density at radius 2 is 2.21 bits per heavy atom. The van der Waals surface area contributed by atoms with Crippen LogP contribution in [-0.2, 0) is 0 Å². The van der Waals surface area contributed by atoms with Crippen LogP contribution in [0.3, 0.4) is 0 Å². The number of rotatable bonds is 4. The number of para-hydroxylation sites is 1. The van der Waals surface area contributed by atoms with Crippen molar-refractivity contribution in [3.63, 3.8) is 0 Å². The van der Waals surface area contributed by atoms with Crippen LogP contribution < -0.4 is 5.32 Å². The van der Waals surface area contributed by atoms with Crippen LogP contribution in [0.25, 0.3) is 5.57 Å². The van der Waals surface area contributed by atoms with Crippen LogP contribution >= 0.6 is 0 Å². The third kappa shape index (κ3) is 2.24. The van der Waals surface area contributed by atoms with Crippen molar-refractivity contribution >= 4 is 11.3 Å². The predicted octanol–water partition coefficient (Wildman–Crippen LogP) is 2.82. The zero-order valence-corrected chi connectivity index (χ0v) is 7.96. The van der Waals surface area contributed by atoms with E-state index in [1.165, 1.54) is 0 Å². The van der Waals surface area contributed by atoms with Gasteiger partial charge in [-0.05, 0) is 6.07 Å². The van der Waals surface area contributed by atoms with E-state index < -0.39 is 0 Å². The second kappa shape index (κ2) is 4.88. The number of hydrogen-bond donors (Lipinski definition) is 1. The van der Waals surface area contributed by atoms with Crippen molar-refractivity contribution in [1.82, 2.24) is 0 Å². The fourth-order valence-electron chi connectivity index (χ4n) is 1.14. The molecule has 0 saturated heterocycles. The molecule has 0 heterocycles. The van der Waals surface area contributed by atoms with Gasteiger partial charge in [-0.2, -0.15) is 5.26 Å². The highest BCUT2D eigenvalue weighted by molar-refractivity contribution is 5.82. The lowest BCUT2D eigenvalue weighted by Gasteiger charge is -2.08. The van der Waals surface area contributed by atoms with Crippen molar-refractivity contribution < 1.29 is 0 Å². The van der Waals surface area contributed by atoms with Gasteiger partial charge >= 0.3 is 0 Å². The summed E-state index contributed by atoms with van der Waals surface area (Å²) in [7, 11) is 0. The van der Waals surface area contributed by atoms with Crippen LogP contribution in [0.1, 0.15) is 5.56 Å². The summed E-state index contributed by atoms with van der Waals surface area (Å²) in [6, 6.07) is 9.63. The number of nitriles is 1. The molecular weight excluding hydrogens is 172 g/mol. The highest BCUT2D eigenvalue weighted by Crippen LogP contribution is 2.21. The van der Waals surface area contributed by atoms with Crippen molar-refractivity contribution in [2.24, 2.45) is 0 Å². The molecule has 0 bridgehead atoms. The Balaban J connectivity index is 2.98. The minimum atomic E-state index is 0.470. The Kier molecular flexibility index (Phi) is 3.51. The molecule has 0 amide bonds. The largest absolute Gasteiger partial charge is 0.381 e. The van der Waals surface area contributed by atoms with Crippen molar-refractivity contribution in [1.29, 1.82) is 5.26 Å². The SMILES string of the molecule is C=CCNc1ccccc1C(=C)C#N. The predicted molar refractivity (Wildman–Crippen MR) is 59.8 cm³/mol. The number of anilines is 1. The fraction of sp³-hybridized carbons (Fsp3) is 0.0833. The van der Waals surface area contributed by atoms with Crippen molar-refractivity contribution in [3.05, 3.63) is 49.1 Å². The maximum absolute atomic E-state index is 8.74. The molecule has 1 rings (SSSR count). The van der Waals surface area contributed by atoms with Gasteiger partial charge in [0.05, 0.1) is 11.6 Å². The van der Waals surface area contributed by atoms with E-state index >= 15 is 0 Å². The Labute approximate surface area is 84.2 Å². The normalized spacial score (nSPS) is 8.79. The summed E-state index contributed by atoms with van der Waals surface area (Å²) in [5, 5.41) is 11.9. The van der Waals surface area contributed by atoms with E-state index in [-0.39, 0.29) is 0 Å².